The second-order valence-corrected chi connectivity index (χ2v) is 4.43. The standard InChI is InChI=1S/C15H19NO/c1-13-5-4-6-14(11-13)8-10-17-12-15-7-2-3-9-16-15/h2-6,9,11,15H,7-8,10,12H2,1H3. The van der Waals surface area contributed by atoms with Crippen molar-refractivity contribution in [1.29, 1.82) is 0 Å². The SMILES string of the molecule is Cc1cccc(CCOCC2CC=CC=N2)c1. The van der Waals surface area contributed by atoms with Gasteiger partial charge in [0.25, 0.3) is 0 Å². The first-order valence-corrected chi connectivity index (χ1v) is 6.16. The number of hydrogen-bond acceptors (Lipinski definition) is 2. The normalized spacial score (nSPS) is 18.5. The third-order valence-electron chi connectivity index (χ3n) is 2.85. The number of aryl methyl sites for hydroxylation is 1. The molecule has 0 bridgehead atoms. The van der Waals surface area contributed by atoms with Gasteiger partial charge in [0.15, 0.2) is 0 Å². The molecule has 1 aromatic carbocycles. The van der Waals surface area contributed by atoms with E-state index in [4.69, 9.17) is 4.74 Å². The van der Waals surface area contributed by atoms with Crippen LogP contribution in [-0.2, 0) is 11.2 Å². The summed E-state index contributed by atoms with van der Waals surface area (Å²) in [5.74, 6) is 0. The molecule has 1 aliphatic heterocycles. The monoisotopic (exact) mass is 229 g/mol. The van der Waals surface area contributed by atoms with Crippen LogP contribution in [0.5, 0.6) is 0 Å². The van der Waals surface area contributed by atoms with Gasteiger partial charge in [-0.1, -0.05) is 35.9 Å². The summed E-state index contributed by atoms with van der Waals surface area (Å²) in [6.45, 7) is 3.62. The minimum atomic E-state index is 0.317. The van der Waals surface area contributed by atoms with Gasteiger partial charge in [-0.3, -0.25) is 4.99 Å². The fraction of sp³-hybridized carbons (Fsp3) is 0.400. The first kappa shape index (κ1) is 12.1. The molecule has 0 saturated carbocycles. The molecule has 0 amide bonds. The van der Waals surface area contributed by atoms with Crippen molar-refractivity contribution in [3.05, 3.63) is 47.5 Å². The molecule has 0 fully saturated rings. The summed E-state index contributed by atoms with van der Waals surface area (Å²) in [6.07, 6.45) is 7.97. The Balaban J connectivity index is 1.66. The first-order chi connectivity index (χ1) is 8.34. The van der Waals surface area contributed by atoms with Gasteiger partial charge in [0.05, 0.1) is 19.3 Å². The molecule has 0 radical (unpaired) electrons. The van der Waals surface area contributed by atoms with Crippen molar-refractivity contribution in [2.75, 3.05) is 13.2 Å². The van der Waals surface area contributed by atoms with Crippen molar-refractivity contribution in [3.8, 4) is 0 Å². The highest BCUT2D eigenvalue weighted by atomic mass is 16.5. The number of allylic oxidation sites excluding steroid dienone is 1. The first-order valence-electron chi connectivity index (χ1n) is 6.16. The smallest absolute Gasteiger partial charge is 0.0767 e. The van der Waals surface area contributed by atoms with Gasteiger partial charge in [-0.2, -0.15) is 0 Å². The summed E-state index contributed by atoms with van der Waals surface area (Å²) in [4.78, 5) is 4.35. The lowest BCUT2D eigenvalue weighted by Crippen LogP contribution is -2.15. The average molecular weight is 229 g/mol. The zero-order valence-corrected chi connectivity index (χ0v) is 10.3. The lowest BCUT2D eigenvalue weighted by atomic mass is 10.1. The van der Waals surface area contributed by atoms with E-state index in [-0.39, 0.29) is 0 Å². The molecular weight excluding hydrogens is 210 g/mol. The van der Waals surface area contributed by atoms with Crippen molar-refractivity contribution in [3.63, 3.8) is 0 Å². The van der Waals surface area contributed by atoms with E-state index in [2.05, 4.69) is 42.3 Å². The lowest BCUT2D eigenvalue weighted by Gasteiger charge is -2.12. The van der Waals surface area contributed by atoms with Gasteiger partial charge in [-0.05, 0) is 31.4 Å². The molecule has 2 heteroatoms. The molecule has 1 aliphatic rings. The molecule has 0 saturated heterocycles. The highest BCUT2D eigenvalue weighted by molar-refractivity contribution is 5.72. The topological polar surface area (TPSA) is 21.6 Å². The Hall–Kier alpha value is -1.41. The predicted octanol–water partition coefficient (Wildman–Crippen LogP) is 2.95. The van der Waals surface area contributed by atoms with Crippen molar-refractivity contribution in [1.82, 2.24) is 0 Å². The van der Waals surface area contributed by atoms with Crippen molar-refractivity contribution >= 4 is 6.21 Å². The molecular formula is C15H19NO. The second kappa shape index (κ2) is 6.36. The molecule has 1 atom stereocenters. The van der Waals surface area contributed by atoms with E-state index in [1.165, 1.54) is 11.1 Å². The van der Waals surface area contributed by atoms with Crippen molar-refractivity contribution in [2.24, 2.45) is 4.99 Å². The summed E-state index contributed by atoms with van der Waals surface area (Å²) in [5.41, 5.74) is 2.65. The van der Waals surface area contributed by atoms with Crippen molar-refractivity contribution < 1.29 is 4.74 Å². The third kappa shape index (κ3) is 4.16. The van der Waals surface area contributed by atoms with Gasteiger partial charge >= 0.3 is 0 Å². The Kier molecular flexibility index (Phi) is 4.51. The second-order valence-electron chi connectivity index (χ2n) is 4.43. The lowest BCUT2D eigenvalue weighted by molar-refractivity contribution is 0.124. The van der Waals surface area contributed by atoms with Crippen LogP contribution in [0, 0.1) is 6.92 Å². The third-order valence-corrected chi connectivity index (χ3v) is 2.85. The minimum Gasteiger partial charge on any atom is -0.379 e. The maximum atomic E-state index is 5.67. The van der Waals surface area contributed by atoms with E-state index in [1.807, 2.05) is 12.3 Å². The largest absolute Gasteiger partial charge is 0.379 e. The highest BCUT2D eigenvalue weighted by Gasteiger charge is 2.05. The van der Waals surface area contributed by atoms with Crippen molar-refractivity contribution in [2.45, 2.75) is 25.8 Å². The van der Waals surface area contributed by atoms with Crippen LogP contribution in [0.2, 0.25) is 0 Å². The molecule has 0 aromatic heterocycles. The van der Waals surface area contributed by atoms with Gasteiger partial charge in [-0.15, -0.1) is 0 Å². The maximum absolute atomic E-state index is 5.67. The molecule has 17 heavy (non-hydrogen) atoms. The highest BCUT2D eigenvalue weighted by Crippen LogP contribution is 2.07. The molecule has 0 aliphatic carbocycles. The minimum absolute atomic E-state index is 0.317. The summed E-state index contributed by atoms with van der Waals surface area (Å²) >= 11 is 0. The van der Waals surface area contributed by atoms with Crippen LogP contribution in [0.25, 0.3) is 0 Å². The quantitative estimate of drug-likeness (QED) is 0.711. The molecule has 1 unspecified atom stereocenters. The number of aliphatic imine (C=N–C) groups is 1. The number of benzene rings is 1. The van der Waals surface area contributed by atoms with E-state index in [0.717, 1.165) is 26.1 Å². The Morgan fingerprint density at radius 3 is 3.12 bits per heavy atom. The summed E-state index contributed by atoms with van der Waals surface area (Å²) in [6, 6.07) is 8.90. The van der Waals surface area contributed by atoms with Crippen LogP contribution < -0.4 is 0 Å². The van der Waals surface area contributed by atoms with Crippen LogP contribution in [0.1, 0.15) is 17.5 Å². The molecule has 2 rings (SSSR count). The zero-order chi connectivity index (χ0) is 11.9. The number of nitrogens with zero attached hydrogens (tertiary/aromatic N) is 1. The predicted molar refractivity (Wildman–Crippen MR) is 71.7 cm³/mol. The fourth-order valence-corrected chi connectivity index (χ4v) is 1.92. The fourth-order valence-electron chi connectivity index (χ4n) is 1.92. The number of hydrogen-bond donors (Lipinski definition) is 0. The zero-order valence-electron chi connectivity index (χ0n) is 10.3. The van der Waals surface area contributed by atoms with Crippen LogP contribution in [-0.4, -0.2) is 25.5 Å². The summed E-state index contributed by atoms with van der Waals surface area (Å²) in [5, 5.41) is 0. The number of rotatable bonds is 5. The van der Waals surface area contributed by atoms with Crippen LogP contribution in [0.3, 0.4) is 0 Å². The van der Waals surface area contributed by atoms with Crippen LogP contribution >= 0.6 is 0 Å². The molecule has 2 nitrogen and oxygen atoms in total. The van der Waals surface area contributed by atoms with Gasteiger partial charge in [0, 0.05) is 6.21 Å². The van der Waals surface area contributed by atoms with E-state index in [1.54, 1.807) is 0 Å². The van der Waals surface area contributed by atoms with Gasteiger partial charge in [0.1, 0.15) is 0 Å². The summed E-state index contributed by atoms with van der Waals surface area (Å²) < 4.78 is 5.67. The van der Waals surface area contributed by atoms with E-state index in [9.17, 15) is 0 Å². The molecule has 1 heterocycles. The number of dihydropyridines is 1. The Bertz CT molecular complexity index is 409. The van der Waals surface area contributed by atoms with Gasteiger partial charge < -0.3 is 4.74 Å². The average Bonchev–Trinajstić information content (AvgIpc) is 2.36. The Morgan fingerprint density at radius 1 is 1.41 bits per heavy atom. The van der Waals surface area contributed by atoms with Crippen LogP contribution in [0.4, 0.5) is 0 Å². The summed E-state index contributed by atoms with van der Waals surface area (Å²) in [7, 11) is 0. The molecule has 90 valence electrons. The van der Waals surface area contributed by atoms with E-state index in [0.29, 0.717) is 6.04 Å². The van der Waals surface area contributed by atoms with Crippen LogP contribution in [0.15, 0.2) is 41.4 Å². The number of ether oxygens (including phenoxy) is 1. The van der Waals surface area contributed by atoms with Gasteiger partial charge in [-0.25, -0.2) is 0 Å². The molecule has 0 N–H and O–H groups in total. The molecule has 1 aromatic rings. The maximum Gasteiger partial charge on any atom is 0.0767 e. The van der Waals surface area contributed by atoms with E-state index >= 15 is 0 Å². The van der Waals surface area contributed by atoms with E-state index < -0.39 is 0 Å². The Labute approximate surface area is 103 Å². The Morgan fingerprint density at radius 2 is 2.35 bits per heavy atom. The molecule has 0 spiro atoms. The van der Waals surface area contributed by atoms with Gasteiger partial charge in [0.2, 0.25) is 0 Å².